The van der Waals surface area contributed by atoms with Crippen molar-refractivity contribution in [3.8, 4) is 0 Å². The van der Waals surface area contributed by atoms with E-state index in [1.54, 1.807) is 0 Å². The maximum Gasteiger partial charge on any atom is 0.327 e. The van der Waals surface area contributed by atoms with E-state index in [9.17, 15) is 4.57 Å². The van der Waals surface area contributed by atoms with Crippen molar-refractivity contribution in [3.05, 3.63) is 0 Å². The van der Waals surface area contributed by atoms with Gasteiger partial charge in [0.25, 0.3) is 0 Å². The molecule has 0 aliphatic heterocycles. The van der Waals surface area contributed by atoms with Crippen LogP contribution in [0.4, 0.5) is 0 Å². The Labute approximate surface area is 68.3 Å². The van der Waals surface area contributed by atoms with Gasteiger partial charge in [-0.05, 0) is 11.0 Å². The van der Waals surface area contributed by atoms with E-state index < -0.39 is 0 Å². The lowest BCUT2D eigenvalue weighted by molar-refractivity contribution is -0.870. The zero-order valence-corrected chi connectivity index (χ0v) is 7.02. The highest BCUT2D eigenvalue weighted by Gasteiger charge is 2.04. The van der Waals surface area contributed by atoms with Gasteiger partial charge in [-0.3, -0.25) is 4.52 Å². The van der Waals surface area contributed by atoms with Crippen molar-refractivity contribution in [2.45, 2.75) is 0 Å². The van der Waals surface area contributed by atoms with E-state index in [4.69, 9.17) is 0 Å². The van der Waals surface area contributed by atoms with Crippen LogP contribution in [0.3, 0.4) is 0 Å². The van der Waals surface area contributed by atoms with E-state index in [0.29, 0.717) is 6.61 Å². The third-order valence-corrected chi connectivity index (χ3v) is 1.19. The monoisotopic (exact) mass is 182 g/mol. The molecule has 0 aromatic carbocycles. The summed E-state index contributed by atoms with van der Waals surface area (Å²) >= 11 is 0. The molecule has 0 atom stereocenters. The molecular weight excluding hydrogens is 165 g/mol. The molecule has 5 heteroatoms. The summed E-state index contributed by atoms with van der Waals surface area (Å²) in [4.78, 5) is 0. The van der Waals surface area contributed by atoms with Crippen LogP contribution in [0.5, 0.6) is 0 Å². The molecule has 0 rings (SSSR count). The Bertz CT molecular complexity index is 94.1. The summed E-state index contributed by atoms with van der Waals surface area (Å²) in [6.45, 7) is 1.43. The number of rotatable bonds is 4. The van der Waals surface area contributed by atoms with Gasteiger partial charge in [0.1, 0.15) is 13.2 Å². The molecule has 0 aliphatic rings. The van der Waals surface area contributed by atoms with Crippen molar-refractivity contribution in [3.63, 3.8) is 0 Å². The molecule has 3 nitrogen and oxygen atoms in total. The second kappa shape index (κ2) is 5.98. The lowest BCUT2D eigenvalue weighted by Gasteiger charge is -2.22. The van der Waals surface area contributed by atoms with Gasteiger partial charge in [-0.25, -0.2) is 4.57 Å². The van der Waals surface area contributed by atoms with Gasteiger partial charge in [-0.1, -0.05) is 0 Å². The minimum Gasteiger partial charge on any atom is -0.329 e. The van der Waals surface area contributed by atoms with Gasteiger partial charge >= 0.3 is 8.69 Å². The standard InChI is InChI=1S/C5H13NO2P.H4Si/c1-6(2,3)4-5-8-9-7;/h4-5H2,1-3H3;1H4/q+1;. The van der Waals surface area contributed by atoms with Crippen LogP contribution < -0.4 is 0 Å². The van der Waals surface area contributed by atoms with E-state index in [2.05, 4.69) is 25.7 Å². The SMILES string of the molecule is C[N+](C)(C)CCOP=O.[SiH4]. The topological polar surface area (TPSA) is 26.3 Å². The van der Waals surface area contributed by atoms with Crippen LogP contribution in [0.25, 0.3) is 0 Å². The average Bonchev–Trinajstić information content (AvgIpc) is 1.63. The van der Waals surface area contributed by atoms with Crippen LogP contribution >= 0.6 is 8.69 Å². The van der Waals surface area contributed by atoms with Gasteiger partial charge < -0.3 is 4.48 Å². The lowest BCUT2D eigenvalue weighted by atomic mass is 10.5. The molecular formula is C5H17NO2PSi+. The number of likely N-dealkylation sites (N-methyl/N-ethyl adjacent to an activating group) is 1. The molecule has 0 fully saturated rings. The Hall–Kier alpha value is 0.237. The number of hydrogen-bond donors (Lipinski definition) is 0. The summed E-state index contributed by atoms with van der Waals surface area (Å²) in [6.07, 6.45) is 0. The molecule has 0 unspecified atom stereocenters. The Morgan fingerprint density at radius 3 is 2.20 bits per heavy atom. The highest BCUT2D eigenvalue weighted by molar-refractivity contribution is 7.17. The first-order valence-corrected chi connectivity index (χ1v) is 3.54. The molecule has 0 aromatic rings. The Kier molecular flexibility index (Phi) is 7.70. The minimum absolute atomic E-state index is 0. The van der Waals surface area contributed by atoms with Crippen molar-refractivity contribution in [1.82, 2.24) is 0 Å². The van der Waals surface area contributed by atoms with Crippen LogP contribution in [0.1, 0.15) is 0 Å². The summed E-state index contributed by atoms with van der Waals surface area (Å²) in [5.41, 5.74) is 0. The summed E-state index contributed by atoms with van der Waals surface area (Å²) in [7, 11) is 5.96. The first-order valence-electron chi connectivity index (χ1n) is 2.81. The maximum absolute atomic E-state index is 9.76. The second-order valence-corrected chi connectivity index (χ2v) is 3.33. The van der Waals surface area contributed by atoms with Crippen LogP contribution in [0, 0.1) is 0 Å². The van der Waals surface area contributed by atoms with Crippen molar-refractivity contribution in [2.75, 3.05) is 34.3 Å². The molecule has 0 saturated carbocycles. The maximum atomic E-state index is 9.76. The van der Waals surface area contributed by atoms with Crippen molar-refractivity contribution in [2.24, 2.45) is 0 Å². The molecule has 0 N–H and O–H groups in total. The summed E-state index contributed by atoms with van der Waals surface area (Å²) in [6, 6.07) is 0. The van der Waals surface area contributed by atoms with Gasteiger partial charge in [0.05, 0.1) is 21.1 Å². The fourth-order valence-electron chi connectivity index (χ4n) is 0.352. The summed E-state index contributed by atoms with van der Waals surface area (Å²) in [5.74, 6) is 0. The third-order valence-electron chi connectivity index (χ3n) is 0.906. The average molecular weight is 182 g/mol. The minimum atomic E-state index is -0.217. The number of quaternary nitrogens is 1. The van der Waals surface area contributed by atoms with Gasteiger partial charge in [-0.2, -0.15) is 0 Å². The molecule has 0 amide bonds. The zero-order valence-electron chi connectivity index (χ0n) is 6.13. The van der Waals surface area contributed by atoms with Crippen molar-refractivity contribution in [1.29, 1.82) is 0 Å². The number of hydrogen-bond acceptors (Lipinski definition) is 2. The molecule has 0 aromatic heterocycles. The van der Waals surface area contributed by atoms with Crippen LogP contribution in [-0.4, -0.2) is 49.7 Å². The van der Waals surface area contributed by atoms with Gasteiger partial charge in [-0.15, -0.1) is 0 Å². The zero-order chi connectivity index (χ0) is 7.33. The Balaban J connectivity index is 0. The molecule has 0 spiro atoms. The molecule has 0 bridgehead atoms. The first-order chi connectivity index (χ1) is 4.06. The normalized spacial score (nSPS) is 11.1. The van der Waals surface area contributed by atoms with Crippen molar-refractivity contribution < 1.29 is 13.6 Å². The predicted octanol–water partition coefficient (Wildman–Crippen LogP) is -0.536. The summed E-state index contributed by atoms with van der Waals surface area (Å²) in [5, 5.41) is 0. The Morgan fingerprint density at radius 2 is 1.90 bits per heavy atom. The van der Waals surface area contributed by atoms with Crippen molar-refractivity contribution >= 4 is 19.7 Å². The highest BCUT2D eigenvalue weighted by Crippen LogP contribution is 1.96. The third kappa shape index (κ3) is 11.1. The smallest absolute Gasteiger partial charge is 0.327 e. The largest absolute Gasteiger partial charge is 0.329 e. The lowest BCUT2D eigenvalue weighted by Crippen LogP contribution is -2.37. The number of nitrogens with zero attached hydrogens (tertiary/aromatic N) is 1. The Morgan fingerprint density at radius 1 is 1.40 bits per heavy atom. The van der Waals surface area contributed by atoms with Gasteiger partial charge in [0.2, 0.25) is 0 Å². The molecule has 0 heterocycles. The summed E-state index contributed by atoms with van der Waals surface area (Å²) < 4.78 is 15.2. The first kappa shape index (κ1) is 12.9. The quantitative estimate of drug-likeness (QED) is 0.253. The van der Waals surface area contributed by atoms with E-state index in [-0.39, 0.29) is 19.7 Å². The predicted molar refractivity (Wildman–Crippen MR) is 47.8 cm³/mol. The fourth-order valence-corrected chi connectivity index (χ4v) is 0.508. The van der Waals surface area contributed by atoms with E-state index in [1.807, 2.05) is 0 Å². The molecule has 62 valence electrons. The molecule has 0 saturated heterocycles. The second-order valence-electron chi connectivity index (χ2n) is 2.92. The van der Waals surface area contributed by atoms with Gasteiger partial charge in [0, 0.05) is 0 Å². The van der Waals surface area contributed by atoms with Crippen LogP contribution in [0.15, 0.2) is 0 Å². The molecule has 10 heavy (non-hydrogen) atoms. The van der Waals surface area contributed by atoms with E-state index >= 15 is 0 Å². The van der Waals surface area contributed by atoms with Gasteiger partial charge in [0.15, 0.2) is 0 Å². The molecule has 0 aliphatic carbocycles. The highest BCUT2D eigenvalue weighted by atomic mass is 31.1. The van der Waals surface area contributed by atoms with E-state index in [1.165, 1.54) is 0 Å². The molecule has 0 radical (unpaired) electrons. The van der Waals surface area contributed by atoms with E-state index in [0.717, 1.165) is 11.0 Å². The van der Waals surface area contributed by atoms with Crippen LogP contribution in [-0.2, 0) is 9.09 Å². The fraction of sp³-hybridized carbons (Fsp3) is 1.00. The van der Waals surface area contributed by atoms with Crippen LogP contribution in [0.2, 0.25) is 0 Å².